The number of nitrogens with one attached hydrogen (secondary N) is 1. The molecule has 1 aromatic rings. The summed E-state index contributed by atoms with van der Waals surface area (Å²) in [6.45, 7) is 2.80. The van der Waals surface area contributed by atoms with Gasteiger partial charge in [-0.25, -0.2) is 4.39 Å². The lowest BCUT2D eigenvalue weighted by atomic mass is 9.75. The van der Waals surface area contributed by atoms with Gasteiger partial charge in [0.05, 0.1) is 11.8 Å². The first-order valence-corrected chi connectivity index (χ1v) is 7.50. The molecule has 4 nitrogen and oxygen atoms in total. The van der Waals surface area contributed by atoms with Crippen molar-refractivity contribution in [2.75, 3.05) is 20.6 Å². The van der Waals surface area contributed by atoms with E-state index in [0.29, 0.717) is 12.5 Å². The Labute approximate surface area is 125 Å². The number of rotatable bonds is 4. The second kappa shape index (κ2) is 6.52. The van der Waals surface area contributed by atoms with Crippen molar-refractivity contribution in [3.05, 3.63) is 29.8 Å². The number of hydrogen-bond donors (Lipinski definition) is 1. The van der Waals surface area contributed by atoms with E-state index in [0.717, 1.165) is 19.0 Å². The number of likely N-dealkylation sites (N-methyl/N-ethyl adjacent to an activating group) is 1. The Balaban J connectivity index is 2.06. The number of aromatic nitrogens is 1. The molecule has 1 aromatic heterocycles. The van der Waals surface area contributed by atoms with E-state index >= 15 is 0 Å². The quantitative estimate of drug-likeness (QED) is 0.927. The van der Waals surface area contributed by atoms with Crippen molar-refractivity contribution in [1.29, 1.82) is 0 Å². The predicted molar refractivity (Wildman–Crippen MR) is 80.6 cm³/mol. The third-order valence-electron chi connectivity index (χ3n) is 4.61. The Morgan fingerprint density at radius 3 is 2.95 bits per heavy atom. The lowest BCUT2D eigenvalue weighted by Crippen LogP contribution is -2.55. The minimum absolute atomic E-state index is 0.0309. The van der Waals surface area contributed by atoms with Crippen LogP contribution in [0.5, 0.6) is 0 Å². The predicted octanol–water partition coefficient (Wildman–Crippen LogP) is 2.46. The van der Waals surface area contributed by atoms with Crippen LogP contribution in [-0.2, 0) is 0 Å². The van der Waals surface area contributed by atoms with Crippen LogP contribution in [0.25, 0.3) is 0 Å². The van der Waals surface area contributed by atoms with Crippen molar-refractivity contribution in [1.82, 2.24) is 15.2 Å². The maximum atomic E-state index is 13.6. The Kier molecular flexibility index (Phi) is 4.93. The van der Waals surface area contributed by atoms with Gasteiger partial charge in [-0.15, -0.1) is 0 Å². The van der Waals surface area contributed by atoms with Crippen LogP contribution in [0.3, 0.4) is 0 Å². The van der Waals surface area contributed by atoms with Gasteiger partial charge in [-0.3, -0.25) is 9.78 Å². The van der Waals surface area contributed by atoms with E-state index in [-0.39, 0.29) is 17.0 Å². The Bertz CT molecular complexity index is 506. The molecular weight excluding hydrogens is 269 g/mol. The summed E-state index contributed by atoms with van der Waals surface area (Å²) in [6, 6.07) is 1.41. The summed E-state index contributed by atoms with van der Waals surface area (Å²) < 4.78 is 13.6. The average Bonchev–Trinajstić information content (AvgIpc) is 2.45. The van der Waals surface area contributed by atoms with Crippen LogP contribution >= 0.6 is 0 Å². The Morgan fingerprint density at radius 2 is 2.33 bits per heavy atom. The van der Waals surface area contributed by atoms with Gasteiger partial charge in [0.1, 0.15) is 0 Å². The van der Waals surface area contributed by atoms with Crippen LogP contribution in [0.1, 0.15) is 43.0 Å². The number of halogens is 1. The van der Waals surface area contributed by atoms with E-state index in [2.05, 4.69) is 36.2 Å². The van der Waals surface area contributed by atoms with Crippen molar-refractivity contribution in [2.45, 2.75) is 38.1 Å². The zero-order valence-electron chi connectivity index (χ0n) is 13.0. The number of hydrogen-bond acceptors (Lipinski definition) is 3. The highest BCUT2D eigenvalue weighted by atomic mass is 19.1. The molecule has 1 fully saturated rings. The molecule has 1 aliphatic carbocycles. The van der Waals surface area contributed by atoms with Crippen molar-refractivity contribution in [3.8, 4) is 0 Å². The smallest absolute Gasteiger partial charge is 0.254 e. The molecule has 2 unspecified atom stereocenters. The molecule has 5 heteroatoms. The summed E-state index contributed by atoms with van der Waals surface area (Å²) in [6.07, 6.45) is 7.02. The zero-order chi connectivity index (χ0) is 15.5. The van der Waals surface area contributed by atoms with Gasteiger partial charge < -0.3 is 10.2 Å². The van der Waals surface area contributed by atoms with Gasteiger partial charge in [0.2, 0.25) is 0 Å². The standard InChI is InChI=1S/C16H24FN3O/c1-12-5-4-7-16(9-12,20(2)3)11-19-15(21)13-6-8-18-10-14(13)17/h6,8,10,12H,4-5,7,9,11H2,1-3H3,(H,19,21). The molecule has 0 spiro atoms. The summed E-state index contributed by atoms with van der Waals surface area (Å²) in [4.78, 5) is 18.0. The van der Waals surface area contributed by atoms with E-state index < -0.39 is 5.82 Å². The number of amides is 1. The van der Waals surface area contributed by atoms with Crippen molar-refractivity contribution in [2.24, 2.45) is 5.92 Å². The van der Waals surface area contributed by atoms with Gasteiger partial charge in [-0.2, -0.15) is 0 Å². The van der Waals surface area contributed by atoms with Gasteiger partial charge in [-0.1, -0.05) is 19.8 Å². The molecule has 2 atom stereocenters. The SMILES string of the molecule is CC1CCCC(CNC(=O)c2ccncc2F)(N(C)C)C1. The first-order chi connectivity index (χ1) is 9.94. The number of pyridine rings is 1. The van der Waals surface area contributed by atoms with E-state index in [1.54, 1.807) is 0 Å². The minimum Gasteiger partial charge on any atom is -0.350 e. The van der Waals surface area contributed by atoms with Crippen LogP contribution < -0.4 is 5.32 Å². The van der Waals surface area contributed by atoms with Crippen molar-refractivity contribution in [3.63, 3.8) is 0 Å². The Morgan fingerprint density at radius 1 is 1.57 bits per heavy atom. The van der Waals surface area contributed by atoms with Crippen LogP contribution in [-0.4, -0.2) is 42.0 Å². The van der Waals surface area contributed by atoms with E-state index in [1.807, 2.05) is 0 Å². The minimum atomic E-state index is -0.578. The molecule has 0 saturated heterocycles. The van der Waals surface area contributed by atoms with Crippen LogP contribution in [0.15, 0.2) is 18.5 Å². The topological polar surface area (TPSA) is 45.2 Å². The maximum Gasteiger partial charge on any atom is 0.254 e. The molecule has 116 valence electrons. The van der Waals surface area contributed by atoms with Crippen LogP contribution in [0, 0.1) is 11.7 Å². The third kappa shape index (κ3) is 3.59. The highest BCUT2D eigenvalue weighted by molar-refractivity contribution is 5.94. The van der Waals surface area contributed by atoms with Crippen LogP contribution in [0.4, 0.5) is 4.39 Å². The molecular formula is C16H24FN3O. The molecule has 1 N–H and O–H groups in total. The Hall–Kier alpha value is -1.49. The molecule has 1 saturated carbocycles. The van der Waals surface area contributed by atoms with Gasteiger partial charge in [-0.05, 0) is 38.9 Å². The maximum absolute atomic E-state index is 13.6. The highest BCUT2D eigenvalue weighted by Gasteiger charge is 2.37. The molecule has 0 bridgehead atoms. The molecule has 0 aliphatic heterocycles. The molecule has 2 rings (SSSR count). The molecule has 0 aromatic carbocycles. The van der Waals surface area contributed by atoms with Gasteiger partial charge in [0, 0.05) is 18.3 Å². The highest BCUT2D eigenvalue weighted by Crippen LogP contribution is 2.35. The first kappa shape index (κ1) is 15.9. The lowest BCUT2D eigenvalue weighted by molar-refractivity contribution is 0.0673. The summed E-state index contributed by atoms with van der Waals surface area (Å²) >= 11 is 0. The monoisotopic (exact) mass is 293 g/mol. The average molecular weight is 293 g/mol. The van der Waals surface area contributed by atoms with Gasteiger partial charge in [0.25, 0.3) is 5.91 Å². The van der Waals surface area contributed by atoms with E-state index in [4.69, 9.17) is 0 Å². The fourth-order valence-electron chi connectivity index (χ4n) is 3.26. The summed E-state index contributed by atoms with van der Waals surface area (Å²) in [5, 5.41) is 2.90. The zero-order valence-corrected chi connectivity index (χ0v) is 13.0. The first-order valence-electron chi connectivity index (χ1n) is 7.50. The summed E-state index contributed by atoms with van der Waals surface area (Å²) in [5.74, 6) is -0.295. The number of carbonyl (C=O) groups excluding carboxylic acids is 1. The normalized spacial score (nSPS) is 25.9. The van der Waals surface area contributed by atoms with Gasteiger partial charge >= 0.3 is 0 Å². The molecule has 21 heavy (non-hydrogen) atoms. The lowest BCUT2D eigenvalue weighted by Gasteiger charge is -2.45. The fraction of sp³-hybridized carbons (Fsp3) is 0.625. The number of nitrogens with zero attached hydrogens (tertiary/aromatic N) is 2. The molecule has 0 radical (unpaired) electrons. The molecule has 1 amide bonds. The van der Waals surface area contributed by atoms with Gasteiger partial charge in [0.15, 0.2) is 5.82 Å². The van der Waals surface area contributed by atoms with Crippen LogP contribution in [0.2, 0.25) is 0 Å². The fourth-order valence-corrected chi connectivity index (χ4v) is 3.26. The third-order valence-corrected chi connectivity index (χ3v) is 4.61. The van der Waals surface area contributed by atoms with E-state index in [1.165, 1.54) is 25.1 Å². The van der Waals surface area contributed by atoms with E-state index in [9.17, 15) is 9.18 Å². The van der Waals surface area contributed by atoms with Crippen molar-refractivity contribution >= 4 is 5.91 Å². The largest absolute Gasteiger partial charge is 0.350 e. The summed E-state index contributed by atoms with van der Waals surface area (Å²) in [7, 11) is 4.11. The molecule has 1 heterocycles. The van der Waals surface area contributed by atoms with Crippen molar-refractivity contribution < 1.29 is 9.18 Å². The number of carbonyl (C=O) groups is 1. The molecule has 1 aliphatic rings. The summed E-state index contributed by atoms with van der Waals surface area (Å²) in [5.41, 5.74) is 0.0272. The second-order valence-electron chi connectivity index (χ2n) is 6.36. The second-order valence-corrected chi connectivity index (χ2v) is 6.36.